The van der Waals surface area contributed by atoms with Gasteiger partial charge < -0.3 is 19.4 Å². The summed E-state index contributed by atoms with van der Waals surface area (Å²) in [4.78, 5) is 23.7. The van der Waals surface area contributed by atoms with E-state index in [9.17, 15) is 14.9 Å². The molecule has 1 N–H and O–H groups in total. The molecule has 0 aromatic carbocycles. The van der Waals surface area contributed by atoms with E-state index in [4.69, 9.17) is 9.47 Å². The lowest BCUT2D eigenvalue weighted by Gasteiger charge is -2.14. The van der Waals surface area contributed by atoms with Crippen molar-refractivity contribution < 1.29 is 19.1 Å². The number of nitrogens with one attached hydrogen (secondary N) is 1. The van der Waals surface area contributed by atoms with Gasteiger partial charge in [0, 0.05) is 30.6 Å². The highest BCUT2D eigenvalue weighted by molar-refractivity contribution is 5.99. The van der Waals surface area contributed by atoms with Crippen LogP contribution in [0.5, 0.6) is 0 Å². The number of nitriles is 1. The van der Waals surface area contributed by atoms with Crippen LogP contribution in [-0.4, -0.2) is 41.8 Å². The molecule has 1 aromatic rings. The van der Waals surface area contributed by atoms with Crippen LogP contribution in [0.3, 0.4) is 0 Å². The molecule has 146 valence electrons. The Bertz CT molecular complexity index is 765. The zero-order valence-corrected chi connectivity index (χ0v) is 16.4. The van der Waals surface area contributed by atoms with E-state index in [1.54, 1.807) is 0 Å². The van der Waals surface area contributed by atoms with Gasteiger partial charge in [-0.2, -0.15) is 5.26 Å². The second-order valence-electron chi connectivity index (χ2n) is 7.04. The smallest absolute Gasteiger partial charge is 0.349 e. The van der Waals surface area contributed by atoms with Crippen molar-refractivity contribution in [1.82, 2.24) is 9.88 Å². The van der Waals surface area contributed by atoms with Crippen LogP contribution in [0.15, 0.2) is 11.6 Å². The van der Waals surface area contributed by atoms with Gasteiger partial charge in [0.1, 0.15) is 11.6 Å². The third kappa shape index (κ3) is 5.69. The number of hydrogen-bond acceptors (Lipinski definition) is 5. The third-order valence-corrected chi connectivity index (χ3v) is 4.45. The van der Waals surface area contributed by atoms with Crippen LogP contribution in [0.4, 0.5) is 0 Å². The van der Waals surface area contributed by atoms with Crippen molar-refractivity contribution in [2.45, 2.75) is 59.2 Å². The van der Waals surface area contributed by atoms with Crippen molar-refractivity contribution in [2.75, 3.05) is 13.2 Å². The molecule has 0 unspecified atom stereocenters. The predicted octanol–water partition coefficient (Wildman–Crippen LogP) is 2.26. The van der Waals surface area contributed by atoms with Gasteiger partial charge in [0.25, 0.3) is 5.91 Å². The van der Waals surface area contributed by atoms with Gasteiger partial charge in [0.05, 0.1) is 6.10 Å². The molecule has 1 atom stereocenters. The van der Waals surface area contributed by atoms with Crippen molar-refractivity contribution in [2.24, 2.45) is 0 Å². The quantitative estimate of drug-likeness (QED) is 0.449. The summed E-state index contributed by atoms with van der Waals surface area (Å²) in [6.07, 6.45) is 3.82. The van der Waals surface area contributed by atoms with Gasteiger partial charge in [-0.05, 0) is 58.2 Å². The first-order valence-corrected chi connectivity index (χ1v) is 9.18. The zero-order chi connectivity index (χ0) is 20.0. The number of hydrogen-bond donors (Lipinski definition) is 1. The number of ether oxygens (including phenoxy) is 2. The van der Waals surface area contributed by atoms with Gasteiger partial charge in [0.2, 0.25) is 0 Å². The Hall–Kier alpha value is -2.59. The Labute approximate surface area is 159 Å². The lowest BCUT2D eigenvalue weighted by molar-refractivity contribution is -0.144. The fourth-order valence-corrected chi connectivity index (χ4v) is 3.11. The summed E-state index contributed by atoms with van der Waals surface area (Å²) in [6.45, 7) is 8.70. The third-order valence-electron chi connectivity index (χ3n) is 4.45. The second kappa shape index (κ2) is 9.38. The number of esters is 1. The molecule has 1 amide bonds. The van der Waals surface area contributed by atoms with E-state index in [0.717, 1.165) is 42.9 Å². The van der Waals surface area contributed by atoms with Crippen LogP contribution in [0, 0.1) is 25.2 Å². The summed E-state index contributed by atoms with van der Waals surface area (Å²) in [7, 11) is 0. The highest BCUT2D eigenvalue weighted by Crippen LogP contribution is 2.22. The summed E-state index contributed by atoms with van der Waals surface area (Å²) in [5.74, 6) is -1.20. The van der Waals surface area contributed by atoms with Gasteiger partial charge >= 0.3 is 5.97 Å². The molecular weight excluding hydrogens is 346 g/mol. The highest BCUT2D eigenvalue weighted by atomic mass is 16.5. The minimum Gasteiger partial charge on any atom is -0.451 e. The van der Waals surface area contributed by atoms with E-state index < -0.39 is 18.5 Å². The molecule has 0 bridgehead atoms. The van der Waals surface area contributed by atoms with Crippen LogP contribution in [0.1, 0.15) is 43.6 Å². The van der Waals surface area contributed by atoms with Gasteiger partial charge in [-0.3, -0.25) is 4.79 Å². The molecule has 0 saturated carbocycles. The first-order valence-electron chi connectivity index (χ1n) is 9.18. The van der Waals surface area contributed by atoms with Crippen LogP contribution in [-0.2, 0) is 25.6 Å². The molecule has 7 nitrogen and oxygen atoms in total. The average Bonchev–Trinajstić information content (AvgIpc) is 3.21. The first kappa shape index (κ1) is 20.7. The topological polar surface area (TPSA) is 93.4 Å². The largest absolute Gasteiger partial charge is 0.451 e. The fraction of sp³-hybridized carbons (Fsp3) is 0.550. The molecule has 0 aliphatic carbocycles. The number of carbonyl (C=O) groups is 2. The zero-order valence-electron chi connectivity index (χ0n) is 16.4. The molecule has 7 heteroatoms. The molecule has 0 radical (unpaired) electrons. The molecule has 2 rings (SSSR count). The van der Waals surface area contributed by atoms with Crippen molar-refractivity contribution in [3.05, 3.63) is 28.6 Å². The normalized spacial score (nSPS) is 17.0. The highest BCUT2D eigenvalue weighted by Gasteiger charge is 2.20. The summed E-state index contributed by atoms with van der Waals surface area (Å²) < 4.78 is 12.8. The molecule has 0 spiro atoms. The van der Waals surface area contributed by atoms with Crippen LogP contribution in [0.2, 0.25) is 0 Å². The van der Waals surface area contributed by atoms with Gasteiger partial charge in [-0.1, -0.05) is 0 Å². The molecule has 1 fully saturated rings. The SMILES string of the molecule is Cc1cc(/C=C(\C#N)C(=O)OCC(=O)NC(C)C)c(C)n1C[C@H]1CCCO1. The maximum atomic E-state index is 12.1. The number of aryl methyl sites for hydroxylation is 1. The fourth-order valence-electron chi connectivity index (χ4n) is 3.11. The molecule has 1 aromatic heterocycles. The Balaban J connectivity index is 2.09. The molecule has 1 aliphatic heterocycles. The lowest BCUT2D eigenvalue weighted by Crippen LogP contribution is -2.34. The monoisotopic (exact) mass is 373 g/mol. The van der Waals surface area contributed by atoms with Crippen LogP contribution < -0.4 is 5.32 Å². The summed E-state index contributed by atoms with van der Waals surface area (Å²) in [5.41, 5.74) is 2.65. The number of carbonyl (C=O) groups excluding carboxylic acids is 2. The number of amides is 1. The minimum absolute atomic E-state index is 0.0450. The Morgan fingerprint density at radius 1 is 1.48 bits per heavy atom. The number of rotatable bonds is 7. The Morgan fingerprint density at radius 3 is 2.81 bits per heavy atom. The van der Waals surface area contributed by atoms with Gasteiger partial charge in [-0.15, -0.1) is 0 Å². The van der Waals surface area contributed by atoms with E-state index >= 15 is 0 Å². The second-order valence-corrected chi connectivity index (χ2v) is 7.04. The molecule has 1 saturated heterocycles. The Kier molecular flexibility index (Phi) is 7.19. The predicted molar refractivity (Wildman–Crippen MR) is 101 cm³/mol. The molecule has 1 aliphatic rings. The summed E-state index contributed by atoms with van der Waals surface area (Å²) in [5, 5.41) is 11.9. The summed E-state index contributed by atoms with van der Waals surface area (Å²) >= 11 is 0. The van der Waals surface area contributed by atoms with Crippen LogP contribution >= 0.6 is 0 Å². The van der Waals surface area contributed by atoms with Crippen molar-refractivity contribution in [3.8, 4) is 6.07 Å². The Morgan fingerprint density at radius 2 is 2.22 bits per heavy atom. The van der Waals surface area contributed by atoms with E-state index in [1.165, 1.54) is 6.08 Å². The standard InChI is InChI=1S/C20H27N3O4/c1-13(2)22-19(24)12-27-20(25)17(10-21)9-16-8-14(3)23(15(16)4)11-18-6-5-7-26-18/h8-9,13,18H,5-7,11-12H2,1-4H3,(H,22,24)/b17-9+/t18-/m1/s1. The maximum Gasteiger partial charge on any atom is 0.349 e. The van der Waals surface area contributed by atoms with Gasteiger partial charge in [-0.25, -0.2) is 4.79 Å². The van der Waals surface area contributed by atoms with Crippen LogP contribution in [0.25, 0.3) is 6.08 Å². The first-order chi connectivity index (χ1) is 12.8. The average molecular weight is 373 g/mol. The lowest BCUT2D eigenvalue weighted by atomic mass is 10.1. The van der Waals surface area contributed by atoms with E-state index in [2.05, 4.69) is 9.88 Å². The van der Waals surface area contributed by atoms with Gasteiger partial charge in [0.15, 0.2) is 6.61 Å². The minimum atomic E-state index is -0.805. The van der Waals surface area contributed by atoms with E-state index in [1.807, 2.05) is 39.8 Å². The number of nitrogens with zero attached hydrogens (tertiary/aromatic N) is 2. The maximum absolute atomic E-state index is 12.1. The van der Waals surface area contributed by atoms with Crippen molar-refractivity contribution >= 4 is 18.0 Å². The molecular formula is C20H27N3O4. The van der Waals surface area contributed by atoms with Crippen molar-refractivity contribution in [1.29, 1.82) is 5.26 Å². The summed E-state index contributed by atoms with van der Waals surface area (Å²) in [6, 6.07) is 3.75. The molecule has 2 heterocycles. The van der Waals surface area contributed by atoms with E-state index in [0.29, 0.717) is 0 Å². The van der Waals surface area contributed by atoms with E-state index in [-0.39, 0.29) is 17.7 Å². The van der Waals surface area contributed by atoms with Crippen molar-refractivity contribution in [3.63, 3.8) is 0 Å². The number of aromatic nitrogens is 1. The molecule has 27 heavy (non-hydrogen) atoms.